The first kappa shape index (κ1) is 16.7. The summed E-state index contributed by atoms with van der Waals surface area (Å²) in [4.78, 5) is 11.3. The molecule has 0 aromatic heterocycles. The summed E-state index contributed by atoms with van der Waals surface area (Å²) in [6.45, 7) is 4.10. The highest BCUT2D eigenvalue weighted by Gasteiger charge is 2.13. The fraction of sp³-hybridized carbons (Fsp3) is 0.462. The Kier molecular flexibility index (Phi) is 7.39. The monoisotopic (exact) mass is 273 g/mol. The summed E-state index contributed by atoms with van der Waals surface area (Å²) in [7, 11) is 1.63. The molecule has 0 radical (unpaired) electrons. The largest absolute Gasteiger partial charge is 0.496 e. The van der Waals surface area contributed by atoms with E-state index in [-0.39, 0.29) is 30.8 Å². The van der Waals surface area contributed by atoms with Crippen LogP contribution >= 0.6 is 12.4 Å². The summed E-state index contributed by atoms with van der Waals surface area (Å²) < 4.78 is 10.0. The van der Waals surface area contributed by atoms with Crippen molar-refractivity contribution in [1.82, 2.24) is 0 Å². The van der Waals surface area contributed by atoms with Crippen molar-refractivity contribution in [1.29, 1.82) is 0 Å². The minimum atomic E-state index is -0.335. The molecule has 0 aliphatic carbocycles. The summed E-state index contributed by atoms with van der Waals surface area (Å²) >= 11 is 0. The molecule has 1 atom stereocenters. The lowest BCUT2D eigenvalue weighted by Gasteiger charge is -2.13. The number of hydrogen-bond acceptors (Lipinski definition) is 4. The molecule has 0 amide bonds. The Morgan fingerprint density at radius 1 is 1.44 bits per heavy atom. The predicted molar refractivity (Wildman–Crippen MR) is 73.2 cm³/mol. The van der Waals surface area contributed by atoms with E-state index in [1.807, 2.05) is 25.1 Å². The number of aryl methyl sites for hydroxylation is 1. The van der Waals surface area contributed by atoms with Gasteiger partial charge in [0.25, 0.3) is 0 Å². The van der Waals surface area contributed by atoms with E-state index in [1.54, 1.807) is 14.0 Å². The summed E-state index contributed by atoms with van der Waals surface area (Å²) in [5.41, 5.74) is 7.86. The van der Waals surface area contributed by atoms with Crippen molar-refractivity contribution in [3.05, 3.63) is 29.3 Å². The molecule has 0 spiro atoms. The SMILES string of the molecule is CCOC(=O)C[C@H](N)c1ccc(OC)c(C)c1.Cl. The van der Waals surface area contributed by atoms with Gasteiger partial charge in [-0.2, -0.15) is 0 Å². The van der Waals surface area contributed by atoms with Crippen LogP contribution in [0.3, 0.4) is 0 Å². The van der Waals surface area contributed by atoms with Crippen LogP contribution in [-0.2, 0) is 9.53 Å². The number of hydrogen-bond donors (Lipinski definition) is 1. The van der Waals surface area contributed by atoms with Gasteiger partial charge >= 0.3 is 5.97 Å². The van der Waals surface area contributed by atoms with Gasteiger partial charge in [0.05, 0.1) is 20.1 Å². The maximum absolute atomic E-state index is 11.3. The van der Waals surface area contributed by atoms with Crippen molar-refractivity contribution in [2.75, 3.05) is 13.7 Å². The zero-order chi connectivity index (χ0) is 12.8. The van der Waals surface area contributed by atoms with Crippen LogP contribution < -0.4 is 10.5 Å². The molecule has 102 valence electrons. The van der Waals surface area contributed by atoms with E-state index in [0.29, 0.717) is 6.61 Å². The van der Waals surface area contributed by atoms with E-state index < -0.39 is 0 Å². The molecule has 18 heavy (non-hydrogen) atoms. The molecule has 0 saturated heterocycles. The minimum absolute atomic E-state index is 0. The molecule has 1 rings (SSSR count). The Morgan fingerprint density at radius 3 is 2.61 bits per heavy atom. The highest BCUT2D eigenvalue weighted by molar-refractivity contribution is 5.85. The molecule has 2 N–H and O–H groups in total. The van der Waals surface area contributed by atoms with Gasteiger partial charge in [-0.25, -0.2) is 0 Å². The van der Waals surface area contributed by atoms with Crippen LogP contribution in [0.1, 0.15) is 30.5 Å². The van der Waals surface area contributed by atoms with Gasteiger partial charge in [0, 0.05) is 6.04 Å². The van der Waals surface area contributed by atoms with E-state index >= 15 is 0 Å². The van der Waals surface area contributed by atoms with Crippen molar-refractivity contribution in [3.63, 3.8) is 0 Å². The fourth-order valence-corrected chi connectivity index (χ4v) is 1.65. The van der Waals surface area contributed by atoms with Crippen LogP contribution in [0.25, 0.3) is 0 Å². The molecule has 0 fully saturated rings. The van der Waals surface area contributed by atoms with Crippen molar-refractivity contribution >= 4 is 18.4 Å². The molecular weight excluding hydrogens is 254 g/mol. The van der Waals surface area contributed by atoms with Gasteiger partial charge in [0.2, 0.25) is 0 Å². The minimum Gasteiger partial charge on any atom is -0.496 e. The Bertz CT molecular complexity index is 396. The van der Waals surface area contributed by atoms with Crippen LogP contribution in [0.2, 0.25) is 0 Å². The van der Waals surface area contributed by atoms with Crippen LogP contribution in [0.5, 0.6) is 5.75 Å². The molecule has 0 bridgehead atoms. The smallest absolute Gasteiger partial charge is 0.307 e. The van der Waals surface area contributed by atoms with E-state index in [9.17, 15) is 4.79 Å². The van der Waals surface area contributed by atoms with Crippen LogP contribution in [-0.4, -0.2) is 19.7 Å². The van der Waals surface area contributed by atoms with E-state index in [0.717, 1.165) is 16.9 Å². The molecule has 1 aromatic carbocycles. The molecule has 0 aliphatic heterocycles. The van der Waals surface area contributed by atoms with Gasteiger partial charge in [-0.15, -0.1) is 12.4 Å². The lowest BCUT2D eigenvalue weighted by Crippen LogP contribution is -2.17. The third-order valence-corrected chi connectivity index (χ3v) is 2.54. The number of carbonyl (C=O) groups is 1. The summed E-state index contributed by atoms with van der Waals surface area (Å²) in [5, 5.41) is 0. The topological polar surface area (TPSA) is 61.5 Å². The van der Waals surface area contributed by atoms with Gasteiger partial charge in [-0.05, 0) is 31.0 Å². The second kappa shape index (κ2) is 7.95. The molecule has 0 aliphatic rings. The molecular formula is C13H20ClNO3. The highest BCUT2D eigenvalue weighted by Crippen LogP contribution is 2.23. The summed E-state index contributed by atoms with van der Waals surface area (Å²) in [6.07, 6.45) is 0.194. The van der Waals surface area contributed by atoms with Gasteiger partial charge in [-0.3, -0.25) is 4.79 Å². The zero-order valence-corrected chi connectivity index (χ0v) is 11.8. The van der Waals surface area contributed by atoms with Crippen molar-refractivity contribution < 1.29 is 14.3 Å². The molecule has 0 unspecified atom stereocenters. The Morgan fingerprint density at radius 2 is 2.11 bits per heavy atom. The Hall–Kier alpha value is -1.26. The van der Waals surface area contributed by atoms with Gasteiger partial charge in [-0.1, -0.05) is 12.1 Å². The normalized spacial score (nSPS) is 11.3. The number of methoxy groups -OCH3 is 1. The predicted octanol–water partition coefficient (Wildman–Crippen LogP) is 2.38. The number of esters is 1. The second-order valence-electron chi connectivity index (χ2n) is 3.84. The lowest BCUT2D eigenvalue weighted by molar-refractivity contribution is -0.143. The van der Waals surface area contributed by atoms with Crippen molar-refractivity contribution in [2.45, 2.75) is 26.3 Å². The molecule has 0 saturated carbocycles. The number of rotatable bonds is 5. The summed E-state index contributed by atoms with van der Waals surface area (Å²) in [6, 6.07) is 5.33. The first-order valence-electron chi connectivity index (χ1n) is 5.64. The van der Waals surface area contributed by atoms with Gasteiger partial charge < -0.3 is 15.2 Å². The van der Waals surface area contributed by atoms with E-state index in [4.69, 9.17) is 15.2 Å². The first-order chi connectivity index (χ1) is 8.08. The van der Waals surface area contributed by atoms with Gasteiger partial charge in [0.15, 0.2) is 0 Å². The van der Waals surface area contributed by atoms with Crippen molar-refractivity contribution in [3.8, 4) is 5.75 Å². The number of halogens is 1. The van der Waals surface area contributed by atoms with Crippen LogP contribution in [0.4, 0.5) is 0 Å². The highest BCUT2D eigenvalue weighted by atomic mass is 35.5. The molecule has 5 heteroatoms. The number of benzene rings is 1. The number of carbonyl (C=O) groups excluding carboxylic acids is 1. The third kappa shape index (κ3) is 4.55. The second-order valence-corrected chi connectivity index (χ2v) is 3.84. The molecule has 1 aromatic rings. The van der Waals surface area contributed by atoms with E-state index in [2.05, 4.69) is 0 Å². The first-order valence-corrected chi connectivity index (χ1v) is 5.64. The van der Waals surface area contributed by atoms with Gasteiger partial charge in [0.1, 0.15) is 5.75 Å². The fourth-order valence-electron chi connectivity index (χ4n) is 1.65. The van der Waals surface area contributed by atoms with E-state index in [1.165, 1.54) is 0 Å². The maximum atomic E-state index is 11.3. The molecule has 4 nitrogen and oxygen atoms in total. The Balaban J connectivity index is 0.00000289. The standard InChI is InChI=1S/C13H19NO3.ClH/c1-4-17-13(15)8-11(14)10-5-6-12(16-3)9(2)7-10;/h5-7,11H,4,8,14H2,1-3H3;1H/t11-;/m0./s1. The quantitative estimate of drug-likeness (QED) is 0.837. The molecule has 0 heterocycles. The van der Waals surface area contributed by atoms with Crippen LogP contribution in [0, 0.1) is 6.92 Å². The average molecular weight is 274 g/mol. The number of nitrogens with two attached hydrogens (primary N) is 1. The maximum Gasteiger partial charge on any atom is 0.307 e. The number of ether oxygens (including phenoxy) is 2. The average Bonchev–Trinajstić information content (AvgIpc) is 2.29. The third-order valence-electron chi connectivity index (χ3n) is 2.54. The van der Waals surface area contributed by atoms with Crippen molar-refractivity contribution in [2.24, 2.45) is 5.73 Å². The summed E-state index contributed by atoms with van der Waals surface area (Å²) in [5.74, 6) is 0.547. The zero-order valence-electron chi connectivity index (χ0n) is 10.9. The Labute approximate surface area is 114 Å². The van der Waals surface area contributed by atoms with Crippen LogP contribution in [0.15, 0.2) is 18.2 Å². The lowest BCUT2D eigenvalue weighted by atomic mass is 10.0.